The molecule has 164 valence electrons. The number of benzene rings is 1. The lowest BCUT2D eigenvalue weighted by molar-refractivity contribution is 0.0657. The van der Waals surface area contributed by atoms with Gasteiger partial charge in [0.25, 0.3) is 5.91 Å². The predicted octanol–water partition coefficient (Wildman–Crippen LogP) is 2.75. The van der Waals surface area contributed by atoms with Crippen molar-refractivity contribution in [3.8, 4) is 0 Å². The minimum Gasteiger partial charge on any atom is -0.459 e. The summed E-state index contributed by atoms with van der Waals surface area (Å²) in [5.74, 6) is 1.24. The predicted molar refractivity (Wildman–Crippen MR) is 130 cm³/mol. The van der Waals surface area contributed by atoms with Gasteiger partial charge in [-0.1, -0.05) is 30.3 Å². The van der Waals surface area contributed by atoms with Crippen LogP contribution in [-0.2, 0) is 6.54 Å². The minimum atomic E-state index is -0.0474. The van der Waals surface area contributed by atoms with Crippen LogP contribution in [0.2, 0.25) is 0 Å². The monoisotopic (exact) mass is 525 g/mol. The van der Waals surface area contributed by atoms with Crippen molar-refractivity contribution in [2.45, 2.75) is 19.5 Å². The molecule has 1 aliphatic heterocycles. The van der Waals surface area contributed by atoms with Gasteiger partial charge >= 0.3 is 0 Å². The van der Waals surface area contributed by atoms with E-state index in [0.29, 0.717) is 24.9 Å². The van der Waals surface area contributed by atoms with E-state index in [1.54, 1.807) is 19.2 Å². The number of rotatable bonds is 6. The molecule has 1 aromatic heterocycles. The number of likely N-dealkylation sites (N-methyl/N-ethyl adjacent to an activating group) is 1. The Morgan fingerprint density at radius 2 is 1.80 bits per heavy atom. The Hall–Kier alpha value is -2.07. The van der Waals surface area contributed by atoms with E-state index >= 15 is 0 Å². The SMILES string of the molecule is CN=C(NCC(C)N(C)Cc1ccccc1)N1CCN(C(=O)c2ccco2)CC1.I. The van der Waals surface area contributed by atoms with Crippen LogP contribution in [0.5, 0.6) is 0 Å². The van der Waals surface area contributed by atoms with Crippen molar-refractivity contribution in [3.05, 3.63) is 60.1 Å². The van der Waals surface area contributed by atoms with Gasteiger partial charge < -0.3 is 19.5 Å². The van der Waals surface area contributed by atoms with Crippen LogP contribution in [0.1, 0.15) is 23.0 Å². The number of hydrogen-bond acceptors (Lipinski definition) is 4. The molecule has 1 aliphatic rings. The molecule has 8 heteroatoms. The number of carbonyl (C=O) groups is 1. The van der Waals surface area contributed by atoms with Crippen LogP contribution in [0.25, 0.3) is 0 Å². The van der Waals surface area contributed by atoms with E-state index < -0.39 is 0 Å². The molecule has 1 fully saturated rings. The Kier molecular flexibility index (Phi) is 9.64. The molecule has 0 aliphatic carbocycles. The van der Waals surface area contributed by atoms with E-state index in [1.165, 1.54) is 11.8 Å². The van der Waals surface area contributed by atoms with E-state index in [-0.39, 0.29) is 29.9 Å². The van der Waals surface area contributed by atoms with Gasteiger partial charge in [-0.25, -0.2) is 0 Å². The molecule has 0 spiro atoms. The summed E-state index contributed by atoms with van der Waals surface area (Å²) >= 11 is 0. The first-order valence-electron chi connectivity index (χ1n) is 10.1. The number of nitrogens with one attached hydrogen (secondary N) is 1. The summed E-state index contributed by atoms with van der Waals surface area (Å²) in [7, 11) is 3.95. The molecule has 1 unspecified atom stereocenters. The fraction of sp³-hybridized carbons (Fsp3) is 0.455. The Bertz CT molecular complexity index is 789. The van der Waals surface area contributed by atoms with Gasteiger partial charge in [0, 0.05) is 52.4 Å². The molecule has 7 nitrogen and oxygen atoms in total. The van der Waals surface area contributed by atoms with Crippen molar-refractivity contribution in [1.29, 1.82) is 0 Å². The lowest BCUT2D eigenvalue weighted by Gasteiger charge is -2.36. The number of furan rings is 1. The van der Waals surface area contributed by atoms with E-state index in [4.69, 9.17) is 4.42 Å². The number of piperazine rings is 1. The summed E-state index contributed by atoms with van der Waals surface area (Å²) in [6.07, 6.45) is 1.53. The maximum Gasteiger partial charge on any atom is 0.289 e. The molecular formula is C22H32IN5O2. The third-order valence-electron chi connectivity index (χ3n) is 5.39. The number of aliphatic imine (C=N–C) groups is 1. The first-order chi connectivity index (χ1) is 14.1. The number of halogens is 1. The zero-order chi connectivity index (χ0) is 20.6. The van der Waals surface area contributed by atoms with Crippen molar-refractivity contribution >= 4 is 35.8 Å². The highest BCUT2D eigenvalue weighted by atomic mass is 127. The van der Waals surface area contributed by atoms with Gasteiger partial charge in [-0.3, -0.25) is 14.7 Å². The largest absolute Gasteiger partial charge is 0.459 e. The van der Waals surface area contributed by atoms with Crippen molar-refractivity contribution in [3.63, 3.8) is 0 Å². The van der Waals surface area contributed by atoms with Gasteiger partial charge in [-0.15, -0.1) is 24.0 Å². The number of amides is 1. The minimum absolute atomic E-state index is 0. The van der Waals surface area contributed by atoms with Crippen molar-refractivity contribution < 1.29 is 9.21 Å². The molecule has 0 saturated carbocycles. The maximum absolute atomic E-state index is 12.4. The van der Waals surface area contributed by atoms with Gasteiger partial charge in [0.2, 0.25) is 0 Å². The van der Waals surface area contributed by atoms with Crippen LogP contribution in [0.15, 0.2) is 58.1 Å². The Morgan fingerprint density at radius 1 is 1.13 bits per heavy atom. The topological polar surface area (TPSA) is 64.3 Å². The first kappa shape index (κ1) is 24.2. The fourth-order valence-electron chi connectivity index (χ4n) is 3.43. The number of nitrogens with zero attached hydrogens (tertiary/aromatic N) is 4. The van der Waals surface area contributed by atoms with Gasteiger partial charge in [-0.2, -0.15) is 0 Å². The standard InChI is InChI=1S/C22H31N5O2.HI/c1-18(25(3)17-19-8-5-4-6-9-19)16-24-22(23-2)27-13-11-26(12-14-27)21(28)20-10-7-15-29-20;/h4-10,15,18H,11-14,16-17H2,1-3H3,(H,23,24);1H. The number of hydrogen-bond donors (Lipinski definition) is 1. The lowest BCUT2D eigenvalue weighted by Crippen LogP contribution is -2.55. The molecule has 0 bridgehead atoms. The van der Waals surface area contributed by atoms with Crippen LogP contribution < -0.4 is 5.32 Å². The summed E-state index contributed by atoms with van der Waals surface area (Å²) in [5, 5.41) is 3.49. The fourth-order valence-corrected chi connectivity index (χ4v) is 3.43. The molecule has 1 N–H and O–H groups in total. The van der Waals surface area contributed by atoms with E-state index in [9.17, 15) is 4.79 Å². The van der Waals surface area contributed by atoms with Crippen molar-refractivity contribution in [2.75, 3.05) is 46.8 Å². The molecular weight excluding hydrogens is 493 g/mol. The smallest absolute Gasteiger partial charge is 0.289 e. The normalized spacial score (nSPS) is 15.7. The molecule has 3 rings (SSSR count). The van der Waals surface area contributed by atoms with Crippen molar-refractivity contribution in [2.24, 2.45) is 4.99 Å². The summed E-state index contributed by atoms with van der Waals surface area (Å²) < 4.78 is 5.23. The van der Waals surface area contributed by atoms with Crippen molar-refractivity contribution in [1.82, 2.24) is 20.0 Å². The number of carbonyl (C=O) groups excluding carboxylic acids is 1. The third kappa shape index (κ3) is 6.46. The third-order valence-corrected chi connectivity index (χ3v) is 5.39. The zero-order valence-corrected chi connectivity index (χ0v) is 20.3. The van der Waals surface area contributed by atoms with E-state index in [1.807, 2.05) is 11.0 Å². The molecule has 1 atom stereocenters. The highest BCUT2D eigenvalue weighted by Gasteiger charge is 2.25. The molecule has 1 saturated heterocycles. The van der Waals surface area contributed by atoms with Gasteiger partial charge in [-0.05, 0) is 31.7 Å². The van der Waals surface area contributed by atoms with Gasteiger partial charge in [0.1, 0.15) is 0 Å². The maximum atomic E-state index is 12.4. The Labute approximate surface area is 196 Å². The summed E-state index contributed by atoms with van der Waals surface area (Å²) in [6, 6.07) is 14.3. The second kappa shape index (κ2) is 11.9. The highest BCUT2D eigenvalue weighted by Crippen LogP contribution is 2.10. The molecule has 2 aromatic rings. The summed E-state index contributed by atoms with van der Waals surface area (Å²) in [6.45, 7) is 6.74. The molecule has 1 amide bonds. The average molecular weight is 525 g/mol. The first-order valence-corrected chi connectivity index (χ1v) is 10.1. The van der Waals surface area contributed by atoms with Gasteiger partial charge in [0.15, 0.2) is 11.7 Å². The molecule has 30 heavy (non-hydrogen) atoms. The molecule has 2 heterocycles. The average Bonchev–Trinajstić information content (AvgIpc) is 3.29. The number of guanidine groups is 1. The van der Waals surface area contributed by atoms with Crippen LogP contribution in [0.3, 0.4) is 0 Å². The zero-order valence-electron chi connectivity index (χ0n) is 18.0. The Balaban J connectivity index is 0.00000320. The van der Waals surface area contributed by atoms with Crippen LogP contribution in [-0.4, -0.2) is 79.4 Å². The second-order valence-electron chi connectivity index (χ2n) is 7.43. The van der Waals surface area contributed by atoms with E-state index in [2.05, 4.69) is 58.3 Å². The summed E-state index contributed by atoms with van der Waals surface area (Å²) in [4.78, 5) is 23.2. The second-order valence-corrected chi connectivity index (χ2v) is 7.43. The van der Waals surface area contributed by atoms with Gasteiger partial charge in [0.05, 0.1) is 6.26 Å². The van der Waals surface area contributed by atoms with Crippen LogP contribution >= 0.6 is 24.0 Å². The summed E-state index contributed by atoms with van der Waals surface area (Å²) in [5.41, 5.74) is 1.31. The van der Waals surface area contributed by atoms with Crippen LogP contribution in [0, 0.1) is 0 Å². The quantitative estimate of drug-likeness (QED) is 0.357. The van der Waals surface area contributed by atoms with E-state index in [0.717, 1.165) is 32.1 Å². The lowest BCUT2D eigenvalue weighted by atomic mass is 10.2. The highest BCUT2D eigenvalue weighted by molar-refractivity contribution is 14.0. The molecule has 1 aromatic carbocycles. The molecule has 0 radical (unpaired) electrons. The Morgan fingerprint density at radius 3 is 2.40 bits per heavy atom. The van der Waals surface area contributed by atoms with Crippen LogP contribution in [0.4, 0.5) is 0 Å².